The van der Waals surface area contributed by atoms with E-state index in [1.807, 2.05) is 6.07 Å². The van der Waals surface area contributed by atoms with Crippen LogP contribution in [0.3, 0.4) is 0 Å². The lowest BCUT2D eigenvalue weighted by atomic mass is 10.0. The van der Waals surface area contributed by atoms with Gasteiger partial charge in [-0.3, -0.25) is 0 Å². The Morgan fingerprint density at radius 3 is 2.80 bits per heavy atom. The summed E-state index contributed by atoms with van der Waals surface area (Å²) in [6, 6.07) is 12.9. The molecule has 0 bridgehead atoms. The highest BCUT2D eigenvalue weighted by Crippen LogP contribution is 2.28. The SMILES string of the molecule is CCC[C@@H](Nc1ncnc2sccc12)c1ccccc1. The van der Waals surface area contributed by atoms with Crippen LogP contribution in [0.1, 0.15) is 31.4 Å². The molecule has 2 aromatic heterocycles. The molecule has 1 N–H and O–H groups in total. The Morgan fingerprint density at radius 1 is 1.15 bits per heavy atom. The van der Waals surface area contributed by atoms with Gasteiger partial charge in [0.1, 0.15) is 17.0 Å². The Labute approximate surface area is 122 Å². The molecule has 0 radical (unpaired) electrons. The molecule has 4 heteroatoms. The second-order valence-electron chi connectivity index (χ2n) is 4.76. The molecule has 0 aliphatic carbocycles. The van der Waals surface area contributed by atoms with E-state index < -0.39 is 0 Å². The van der Waals surface area contributed by atoms with Gasteiger partial charge in [-0.2, -0.15) is 0 Å². The average molecular weight is 283 g/mol. The maximum Gasteiger partial charge on any atom is 0.138 e. The fraction of sp³-hybridized carbons (Fsp3) is 0.250. The van der Waals surface area contributed by atoms with Gasteiger partial charge >= 0.3 is 0 Å². The molecule has 3 nitrogen and oxygen atoms in total. The molecule has 1 atom stereocenters. The monoisotopic (exact) mass is 283 g/mol. The van der Waals surface area contributed by atoms with Crippen molar-refractivity contribution in [3.63, 3.8) is 0 Å². The van der Waals surface area contributed by atoms with E-state index in [1.165, 1.54) is 5.56 Å². The van der Waals surface area contributed by atoms with Crippen LogP contribution in [0.5, 0.6) is 0 Å². The molecule has 0 aliphatic rings. The normalized spacial score (nSPS) is 12.4. The number of benzene rings is 1. The first-order valence-corrected chi connectivity index (χ1v) is 7.76. The molecule has 102 valence electrons. The van der Waals surface area contributed by atoms with E-state index >= 15 is 0 Å². The van der Waals surface area contributed by atoms with Crippen molar-refractivity contribution in [2.24, 2.45) is 0 Å². The lowest BCUT2D eigenvalue weighted by Crippen LogP contribution is -2.11. The van der Waals surface area contributed by atoms with E-state index in [0.29, 0.717) is 6.04 Å². The quantitative estimate of drug-likeness (QED) is 0.741. The predicted molar refractivity (Wildman–Crippen MR) is 85.1 cm³/mol. The summed E-state index contributed by atoms with van der Waals surface area (Å²) in [5, 5.41) is 6.74. The Bertz CT molecular complexity index is 678. The van der Waals surface area contributed by atoms with Crippen molar-refractivity contribution >= 4 is 27.4 Å². The minimum Gasteiger partial charge on any atom is -0.363 e. The van der Waals surface area contributed by atoms with Crippen molar-refractivity contribution in [3.05, 3.63) is 53.7 Å². The van der Waals surface area contributed by atoms with Crippen molar-refractivity contribution in [2.75, 3.05) is 5.32 Å². The smallest absolute Gasteiger partial charge is 0.138 e. The molecule has 0 saturated carbocycles. The van der Waals surface area contributed by atoms with Crippen molar-refractivity contribution in [1.82, 2.24) is 9.97 Å². The zero-order valence-electron chi connectivity index (χ0n) is 11.4. The molecule has 1 aromatic carbocycles. The van der Waals surface area contributed by atoms with Crippen LogP contribution < -0.4 is 5.32 Å². The molecule has 0 aliphatic heterocycles. The van der Waals surface area contributed by atoms with Crippen molar-refractivity contribution in [1.29, 1.82) is 0 Å². The van der Waals surface area contributed by atoms with Gasteiger partial charge in [-0.1, -0.05) is 43.7 Å². The zero-order valence-corrected chi connectivity index (χ0v) is 12.2. The van der Waals surface area contributed by atoms with E-state index in [4.69, 9.17) is 0 Å². The number of anilines is 1. The molecule has 0 fully saturated rings. The van der Waals surface area contributed by atoms with Crippen LogP contribution in [0.25, 0.3) is 10.2 Å². The molecule has 0 unspecified atom stereocenters. The third-order valence-electron chi connectivity index (χ3n) is 3.35. The summed E-state index contributed by atoms with van der Waals surface area (Å²) < 4.78 is 0. The summed E-state index contributed by atoms with van der Waals surface area (Å²) in [6.45, 7) is 2.21. The summed E-state index contributed by atoms with van der Waals surface area (Å²) in [5.74, 6) is 0.929. The minimum absolute atomic E-state index is 0.291. The molecule has 20 heavy (non-hydrogen) atoms. The van der Waals surface area contributed by atoms with Crippen molar-refractivity contribution in [3.8, 4) is 0 Å². The van der Waals surface area contributed by atoms with Crippen LogP contribution in [0, 0.1) is 0 Å². The van der Waals surface area contributed by atoms with Gasteiger partial charge in [0.2, 0.25) is 0 Å². The molecule has 0 amide bonds. The molecule has 3 rings (SSSR count). The van der Waals surface area contributed by atoms with Gasteiger partial charge in [0, 0.05) is 0 Å². The van der Waals surface area contributed by atoms with Crippen LogP contribution in [-0.2, 0) is 0 Å². The predicted octanol–water partition coefficient (Wildman–Crippen LogP) is 4.64. The van der Waals surface area contributed by atoms with Crippen LogP contribution in [0.2, 0.25) is 0 Å². The van der Waals surface area contributed by atoms with Crippen molar-refractivity contribution in [2.45, 2.75) is 25.8 Å². The van der Waals surface area contributed by atoms with E-state index in [9.17, 15) is 0 Å². The van der Waals surface area contributed by atoms with Gasteiger partial charge in [-0.25, -0.2) is 9.97 Å². The van der Waals surface area contributed by atoms with Gasteiger partial charge in [0.15, 0.2) is 0 Å². The number of thiophene rings is 1. The van der Waals surface area contributed by atoms with Crippen LogP contribution in [0.15, 0.2) is 48.1 Å². The van der Waals surface area contributed by atoms with E-state index in [2.05, 4.69) is 57.9 Å². The summed E-state index contributed by atoms with van der Waals surface area (Å²) in [4.78, 5) is 9.74. The number of hydrogen-bond acceptors (Lipinski definition) is 4. The molecule has 0 saturated heterocycles. The highest BCUT2D eigenvalue weighted by atomic mass is 32.1. The average Bonchev–Trinajstić information content (AvgIpc) is 2.97. The largest absolute Gasteiger partial charge is 0.363 e. The molecular weight excluding hydrogens is 266 g/mol. The number of nitrogens with zero attached hydrogens (tertiary/aromatic N) is 2. The van der Waals surface area contributed by atoms with Gasteiger partial charge in [-0.15, -0.1) is 11.3 Å². The molecule has 2 heterocycles. The summed E-state index contributed by atoms with van der Waals surface area (Å²) in [6.07, 6.45) is 3.85. The van der Waals surface area contributed by atoms with Gasteiger partial charge < -0.3 is 5.32 Å². The van der Waals surface area contributed by atoms with Crippen LogP contribution in [-0.4, -0.2) is 9.97 Å². The van der Waals surface area contributed by atoms with E-state index in [1.54, 1.807) is 17.7 Å². The number of fused-ring (bicyclic) bond motifs is 1. The first-order chi connectivity index (χ1) is 9.88. The van der Waals surface area contributed by atoms with Crippen LogP contribution >= 0.6 is 11.3 Å². The standard InChI is InChI=1S/C16H17N3S/c1-2-6-14(12-7-4-3-5-8-12)19-15-13-9-10-20-16(13)18-11-17-15/h3-5,7-11,14H,2,6H2,1H3,(H,17,18,19)/t14-/m1/s1. The van der Waals surface area contributed by atoms with Crippen LogP contribution in [0.4, 0.5) is 5.82 Å². The summed E-state index contributed by atoms with van der Waals surface area (Å²) >= 11 is 1.65. The number of rotatable bonds is 5. The fourth-order valence-corrected chi connectivity index (χ4v) is 3.10. The third kappa shape index (κ3) is 2.65. The van der Waals surface area contributed by atoms with E-state index in [0.717, 1.165) is 28.9 Å². The highest BCUT2D eigenvalue weighted by Gasteiger charge is 2.13. The van der Waals surface area contributed by atoms with Gasteiger partial charge in [0.25, 0.3) is 0 Å². The molecule has 0 spiro atoms. The summed E-state index contributed by atoms with van der Waals surface area (Å²) in [7, 11) is 0. The first-order valence-electron chi connectivity index (χ1n) is 6.88. The number of nitrogens with one attached hydrogen (secondary N) is 1. The van der Waals surface area contributed by atoms with E-state index in [-0.39, 0.29) is 0 Å². The maximum atomic E-state index is 4.41. The lowest BCUT2D eigenvalue weighted by molar-refractivity contribution is 0.675. The first kappa shape index (κ1) is 13.1. The fourth-order valence-electron chi connectivity index (χ4n) is 2.37. The third-order valence-corrected chi connectivity index (χ3v) is 4.17. The second-order valence-corrected chi connectivity index (χ2v) is 5.65. The highest BCUT2D eigenvalue weighted by molar-refractivity contribution is 7.16. The Kier molecular flexibility index (Phi) is 3.92. The van der Waals surface area contributed by atoms with Gasteiger partial charge in [-0.05, 0) is 23.4 Å². The zero-order chi connectivity index (χ0) is 13.8. The number of aromatic nitrogens is 2. The Balaban J connectivity index is 1.92. The molecule has 3 aromatic rings. The summed E-state index contributed by atoms with van der Waals surface area (Å²) in [5.41, 5.74) is 1.30. The number of hydrogen-bond donors (Lipinski definition) is 1. The Morgan fingerprint density at radius 2 is 2.00 bits per heavy atom. The topological polar surface area (TPSA) is 37.8 Å². The van der Waals surface area contributed by atoms with Gasteiger partial charge in [0.05, 0.1) is 11.4 Å². The maximum absolute atomic E-state index is 4.41. The minimum atomic E-state index is 0.291. The Hall–Kier alpha value is -1.94. The molecular formula is C16H17N3S. The second kappa shape index (κ2) is 6.01. The van der Waals surface area contributed by atoms with Crippen molar-refractivity contribution < 1.29 is 0 Å². The lowest BCUT2D eigenvalue weighted by Gasteiger charge is -2.19.